The van der Waals surface area contributed by atoms with Gasteiger partial charge in [-0.25, -0.2) is 4.98 Å². The average Bonchev–Trinajstić information content (AvgIpc) is 2.77. The molecular weight excluding hydrogens is 220 g/mol. The topological polar surface area (TPSA) is 36.4 Å². The van der Waals surface area contributed by atoms with Gasteiger partial charge in [0, 0.05) is 12.4 Å². The molecule has 0 spiro atoms. The zero-order valence-electron chi connectivity index (χ0n) is 10.0. The summed E-state index contributed by atoms with van der Waals surface area (Å²) in [5, 5.41) is 13.2. The maximum Gasteiger partial charge on any atom is 0.185 e. The smallest absolute Gasteiger partial charge is 0.185 e. The van der Waals surface area contributed by atoms with E-state index in [1.807, 2.05) is 0 Å². The Bertz CT molecular complexity index is 340. The van der Waals surface area contributed by atoms with Crippen LogP contribution in [0.3, 0.4) is 0 Å². The number of aryl methyl sites for hydroxylation is 1. The second-order valence-electron chi connectivity index (χ2n) is 4.51. The first kappa shape index (κ1) is 11.9. The van der Waals surface area contributed by atoms with Crippen LogP contribution in [0.25, 0.3) is 0 Å². The molecule has 3 nitrogen and oxygen atoms in total. The van der Waals surface area contributed by atoms with E-state index in [0.717, 1.165) is 36.5 Å². The molecule has 0 bridgehead atoms. The number of thiazole rings is 1. The molecule has 2 rings (SSSR count). The molecule has 0 aromatic carbocycles. The van der Waals surface area contributed by atoms with Gasteiger partial charge in [-0.1, -0.05) is 19.8 Å². The fourth-order valence-electron chi connectivity index (χ4n) is 2.31. The van der Waals surface area contributed by atoms with Crippen molar-refractivity contribution in [2.24, 2.45) is 0 Å². The van der Waals surface area contributed by atoms with Crippen LogP contribution in [0.4, 0.5) is 5.13 Å². The van der Waals surface area contributed by atoms with Gasteiger partial charge >= 0.3 is 0 Å². The third-order valence-corrected chi connectivity index (χ3v) is 4.38. The minimum Gasteiger partial charge on any atom is -0.391 e. The first-order valence-corrected chi connectivity index (χ1v) is 6.95. The zero-order valence-corrected chi connectivity index (χ0v) is 10.8. The van der Waals surface area contributed by atoms with Crippen molar-refractivity contribution in [3.8, 4) is 0 Å². The fourth-order valence-corrected chi connectivity index (χ4v) is 3.24. The molecule has 1 aliphatic rings. The highest BCUT2D eigenvalue weighted by Gasteiger charge is 2.27. The van der Waals surface area contributed by atoms with Crippen LogP contribution in [-0.4, -0.2) is 29.3 Å². The highest BCUT2D eigenvalue weighted by atomic mass is 32.1. The first-order chi connectivity index (χ1) is 7.72. The molecule has 4 heteroatoms. The van der Waals surface area contributed by atoms with Crippen LogP contribution in [-0.2, 0) is 6.42 Å². The Morgan fingerprint density at radius 1 is 1.50 bits per heavy atom. The van der Waals surface area contributed by atoms with Crippen LogP contribution in [0, 0.1) is 0 Å². The summed E-state index contributed by atoms with van der Waals surface area (Å²) in [5.41, 5.74) is 1.15. The van der Waals surface area contributed by atoms with Crippen LogP contribution in [0.1, 0.15) is 38.3 Å². The standard InChI is InChI=1S/C12H20N2OS/c1-3-9-8-16-12(13-9)14(2)10-6-4-5-7-11(10)15/h8,10-11,15H,3-7H2,1-2H3. The van der Waals surface area contributed by atoms with Crippen molar-refractivity contribution in [2.75, 3.05) is 11.9 Å². The molecule has 1 aromatic heterocycles. The molecule has 1 heterocycles. The van der Waals surface area contributed by atoms with E-state index in [0.29, 0.717) is 0 Å². The minimum atomic E-state index is -0.187. The van der Waals surface area contributed by atoms with Crippen LogP contribution in [0.5, 0.6) is 0 Å². The number of anilines is 1. The first-order valence-electron chi connectivity index (χ1n) is 6.07. The lowest BCUT2D eigenvalue weighted by atomic mass is 9.92. The van der Waals surface area contributed by atoms with Gasteiger partial charge in [0.15, 0.2) is 5.13 Å². The molecular formula is C12H20N2OS. The molecule has 1 fully saturated rings. The van der Waals surface area contributed by atoms with Crippen molar-refractivity contribution < 1.29 is 5.11 Å². The second kappa shape index (κ2) is 5.15. The van der Waals surface area contributed by atoms with E-state index in [2.05, 4.69) is 29.2 Å². The number of hydrogen-bond donors (Lipinski definition) is 1. The Morgan fingerprint density at radius 2 is 2.25 bits per heavy atom. The third-order valence-electron chi connectivity index (χ3n) is 3.39. The van der Waals surface area contributed by atoms with Crippen molar-refractivity contribution in [1.29, 1.82) is 0 Å². The average molecular weight is 240 g/mol. The van der Waals surface area contributed by atoms with Gasteiger partial charge in [0.2, 0.25) is 0 Å². The predicted octanol–water partition coefficient (Wildman–Crippen LogP) is 2.45. The molecule has 1 aromatic rings. The number of hydrogen-bond acceptors (Lipinski definition) is 4. The number of likely N-dealkylation sites (N-methyl/N-ethyl adjacent to an activating group) is 1. The lowest BCUT2D eigenvalue weighted by Gasteiger charge is -2.34. The summed E-state index contributed by atoms with van der Waals surface area (Å²) in [4.78, 5) is 6.73. The molecule has 16 heavy (non-hydrogen) atoms. The van der Waals surface area contributed by atoms with E-state index < -0.39 is 0 Å². The number of aliphatic hydroxyl groups excluding tert-OH is 1. The Labute approximate surface area is 101 Å². The van der Waals surface area contributed by atoms with E-state index >= 15 is 0 Å². The monoisotopic (exact) mass is 240 g/mol. The van der Waals surface area contributed by atoms with Crippen LogP contribution >= 0.6 is 11.3 Å². The SMILES string of the molecule is CCc1csc(N(C)C2CCCCC2O)n1. The van der Waals surface area contributed by atoms with Crippen molar-refractivity contribution in [2.45, 2.75) is 51.2 Å². The number of aromatic nitrogens is 1. The van der Waals surface area contributed by atoms with Crippen molar-refractivity contribution in [3.63, 3.8) is 0 Å². The summed E-state index contributed by atoms with van der Waals surface area (Å²) in [7, 11) is 2.05. The Kier molecular flexibility index (Phi) is 3.82. The highest BCUT2D eigenvalue weighted by Crippen LogP contribution is 2.28. The van der Waals surface area contributed by atoms with Crippen LogP contribution in [0.2, 0.25) is 0 Å². The molecule has 2 unspecified atom stereocenters. The Hall–Kier alpha value is -0.610. The van der Waals surface area contributed by atoms with E-state index in [4.69, 9.17) is 0 Å². The van der Waals surface area contributed by atoms with Gasteiger partial charge in [-0.05, 0) is 19.3 Å². The van der Waals surface area contributed by atoms with Gasteiger partial charge in [-0.2, -0.15) is 0 Å². The van der Waals surface area contributed by atoms with Crippen LogP contribution in [0.15, 0.2) is 5.38 Å². The maximum absolute atomic E-state index is 10.00. The van der Waals surface area contributed by atoms with Gasteiger partial charge < -0.3 is 10.0 Å². The summed E-state index contributed by atoms with van der Waals surface area (Å²) in [6, 6.07) is 0.254. The van der Waals surface area contributed by atoms with E-state index in [-0.39, 0.29) is 12.1 Å². The van der Waals surface area contributed by atoms with E-state index in [9.17, 15) is 5.11 Å². The normalized spacial score (nSPS) is 25.7. The molecule has 90 valence electrons. The number of aliphatic hydroxyl groups is 1. The maximum atomic E-state index is 10.00. The third kappa shape index (κ3) is 2.38. The molecule has 1 N–H and O–H groups in total. The van der Waals surface area contributed by atoms with Crippen molar-refractivity contribution in [1.82, 2.24) is 4.98 Å². The van der Waals surface area contributed by atoms with Crippen LogP contribution < -0.4 is 4.90 Å². The summed E-state index contributed by atoms with van der Waals surface area (Å²) in [6.45, 7) is 2.12. The summed E-state index contributed by atoms with van der Waals surface area (Å²) >= 11 is 1.68. The molecule has 0 amide bonds. The molecule has 0 saturated heterocycles. The highest BCUT2D eigenvalue weighted by molar-refractivity contribution is 7.13. The second-order valence-corrected chi connectivity index (χ2v) is 5.34. The molecule has 1 saturated carbocycles. The van der Waals surface area contributed by atoms with Crippen molar-refractivity contribution in [3.05, 3.63) is 11.1 Å². The number of rotatable bonds is 3. The minimum absolute atomic E-state index is 0.187. The van der Waals surface area contributed by atoms with Gasteiger partial charge in [0.25, 0.3) is 0 Å². The van der Waals surface area contributed by atoms with Gasteiger partial charge in [-0.15, -0.1) is 11.3 Å². The summed E-state index contributed by atoms with van der Waals surface area (Å²) in [6.07, 6.45) is 5.19. The predicted molar refractivity (Wildman–Crippen MR) is 68.2 cm³/mol. The Balaban J connectivity index is 2.07. The van der Waals surface area contributed by atoms with Gasteiger partial charge in [-0.3, -0.25) is 0 Å². The lowest BCUT2D eigenvalue weighted by molar-refractivity contribution is 0.106. The van der Waals surface area contributed by atoms with E-state index in [1.165, 1.54) is 6.42 Å². The zero-order chi connectivity index (χ0) is 11.5. The molecule has 0 aliphatic heterocycles. The molecule has 1 aliphatic carbocycles. The molecule has 2 atom stereocenters. The summed E-state index contributed by atoms with van der Waals surface area (Å²) in [5.74, 6) is 0. The Morgan fingerprint density at radius 3 is 2.88 bits per heavy atom. The fraction of sp³-hybridized carbons (Fsp3) is 0.750. The lowest BCUT2D eigenvalue weighted by Crippen LogP contribution is -2.43. The van der Waals surface area contributed by atoms with Gasteiger partial charge in [0.1, 0.15) is 0 Å². The summed E-state index contributed by atoms with van der Waals surface area (Å²) < 4.78 is 0. The van der Waals surface area contributed by atoms with E-state index in [1.54, 1.807) is 11.3 Å². The van der Waals surface area contributed by atoms with Gasteiger partial charge in [0.05, 0.1) is 17.8 Å². The number of nitrogens with zero attached hydrogens (tertiary/aromatic N) is 2. The quantitative estimate of drug-likeness (QED) is 0.881. The van der Waals surface area contributed by atoms with Crippen molar-refractivity contribution >= 4 is 16.5 Å². The largest absolute Gasteiger partial charge is 0.391 e. The molecule has 0 radical (unpaired) electrons.